The van der Waals surface area contributed by atoms with Crippen LogP contribution in [-0.2, 0) is 24.2 Å². The van der Waals surface area contributed by atoms with Crippen LogP contribution in [0.5, 0.6) is 11.5 Å². The summed E-state index contributed by atoms with van der Waals surface area (Å²) in [5, 5.41) is 4.12. The first kappa shape index (κ1) is 25.8. The van der Waals surface area contributed by atoms with Gasteiger partial charge in [0.25, 0.3) is 5.91 Å². The molecule has 0 spiro atoms. The highest BCUT2D eigenvalue weighted by Crippen LogP contribution is 2.27. The van der Waals surface area contributed by atoms with Crippen molar-refractivity contribution in [2.45, 2.75) is 38.5 Å². The molecule has 0 bridgehead atoms. The number of para-hydroxylation sites is 1. The fraction of sp³-hybridized carbons (Fsp3) is 0.379. The molecule has 0 unspecified atom stereocenters. The smallest absolute Gasteiger partial charge is 0.273 e. The van der Waals surface area contributed by atoms with Crippen molar-refractivity contribution in [3.8, 4) is 11.5 Å². The van der Waals surface area contributed by atoms with Crippen LogP contribution in [0.2, 0.25) is 0 Å². The van der Waals surface area contributed by atoms with Crippen LogP contribution in [0.1, 0.15) is 40.3 Å². The van der Waals surface area contributed by atoms with E-state index < -0.39 is 0 Å². The van der Waals surface area contributed by atoms with E-state index in [0.717, 1.165) is 55.0 Å². The molecule has 1 aliphatic rings. The number of carbonyl (C=O) groups is 1. The Hall–Kier alpha value is -3.82. The van der Waals surface area contributed by atoms with Crippen molar-refractivity contribution in [1.29, 1.82) is 0 Å². The summed E-state index contributed by atoms with van der Waals surface area (Å²) in [5.74, 6) is 1.72. The van der Waals surface area contributed by atoms with E-state index in [4.69, 9.17) is 18.6 Å². The van der Waals surface area contributed by atoms with Crippen molar-refractivity contribution in [1.82, 2.24) is 20.2 Å². The number of amides is 1. The Morgan fingerprint density at radius 2 is 2.05 bits per heavy atom. The summed E-state index contributed by atoms with van der Waals surface area (Å²) in [5.41, 5.74) is 3.66. The van der Waals surface area contributed by atoms with Gasteiger partial charge in [-0.3, -0.25) is 9.69 Å². The van der Waals surface area contributed by atoms with Crippen LogP contribution >= 0.6 is 0 Å². The van der Waals surface area contributed by atoms with Crippen LogP contribution in [-0.4, -0.2) is 60.8 Å². The Bertz CT molecular complexity index is 1360. The first-order chi connectivity index (χ1) is 18.6. The number of fused-ring (bicyclic) bond motifs is 1. The zero-order valence-corrected chi connectivity index (χ0v) is 21.9. The van der Waals surface area contributed by atoms with E-state index >= 15 is 0 Å². The molecule has 0 aliphatic carbocycles. The van der Waals surface area contributed by atoms with E-state index in [1.165, 1.54) is 17.2 Å². The molecule has 9 nitrogen and oxygen atoms in total. The largest absolute Gasteiger partial charge is 0.497 e. The topological polar surface area (TPSA) is 102 Å². The first-order valence-electron chi connectivity index (χ1n) is 13.0. The molecule has 9 heteroatoms. The van der Waals surface area contributed by atoms with E-state index in [-0.39, 0.29) is 17.7 Å². The molecular formula is C29H34N4O5. The van der Waals surface area contributed by atoms with Gasteiger partial charge >= 0.3 is 0 Å². The maximum Gasteiger partial charge on any atom is 0.273 e. The molecule has 1 fully saturated rings. The molecule has 1 atom stereocenters. The quantitative estimate of drug-likeness (QED) is 0.288. The zero-order chi connectivity index (χ0) is 26.3. The minimum absolute atomic E-state index is 0.0739. The number of benzene rings is 2. The molecule has 3 heterocycles. The molecule has 0 saturated carbocycles. The zero-order valence-electron chi connectivity index (χ0n) is 21.9. The number of aromatic nitrogens is 2. The van der Waals surface area contributed by atoms with Crippen molar-refractivity contribution in [2.75, 3.05) is 33.9 Å². The predicted octanol–water partition coefficient (Wildman–Crippen LogP) is 4.33. The lowest BCUT2D eigenvalue weighted by atomic mass is 10.1. The molecule has 200 valence electrons. The number of rotatable bonds is 12. The van der Waals surface area contributed by atoms with Crippen LogP contribution in [0.15, 0.2) is 59.3 Å². The van der Waals surface area contributed by atoms with E-state index in [1.54, 1.807) is 14.2 Å². The van der Waals surface area contributed by atoms with Crippen molar-refractivity contribution in [3.05, 3.63) is 77.6 Å². The fourth-order valence-corrected chi connectivity index (χ4v) is 4.84. The lowest BCUT2D eigenvalue weighted by molar-refractivity contribution is 0.0853. The Balaban J connectivity index is 1.30. The maximum atomic E-state index is 12.6. The third-order valence-corrected chi connectivity index (χ3v) is 6.92. The number of oxazole rings is 1. The molecule has 5 rings (SSSR count). The molecule has 38 heavy (non-hydrogen) atoms. The highest BCUT2D eigenvalue weighted by atomic mass is 16.5. The molecule has 2 aromatic carbocycles. The van der Waals surface area contributed by atoms with E-state index in [2.05, 4.69) is 44.6 Å². The van der Waals surface area contributed by atoms with E-state index in [9.17, 15) is 4.79 Å². The van der Waals surface area contributed by atoms with Crippen molar-refractivity contribution >= 4 is 16.8 Å². The van der Waals surface area contributed by atoms with Crippen LogP contribution < -0.4 is 14.8 Å². The predicted molar refractivity (Wildman–Crippen MR) is 143 cm³/mol. The summed E-state index contributed by atoms with van der Waals surface area (Å²) in [6.45, 7) is 3.03. The third-order valence-electron chi connectivity index (χ3n) is 6.92. The Morgan fingerprint density at radius 1 is 1.16 bits per heavy atom. The summed E-state index contributed by atoms with van der Waals surface area (Å²) in [6, 6.07) is 14.1. The highest BCUT2D eigenvalue weighted by molar-refractivity contribution is 5.91. The van der Waals surface area contributed by atoms with Gasteiger partial charge in [-0.25, -0.2) is 4.98 Å². The minimum Gasteiger partial charge on any atom is -0.497 e. The summed E-state index contributed by atoms with van der Waals surface area (Å²) >= 11 is 0. The first-order valence-corrected chi connectivity index (χ1v) is 13.0. The number of ether oxygens (including phenoxy) is 3. The Kier molecular flexibility index (Phi) is 8.25. The molecule has 4 aromatic rings. The number of aromatic amines is 1. The average molecular weight is 519 g/mol. The third kappa shape index (κ3) is 6.17. The SMILES string of the molecule is COc1ccc(CN(CCc2c[nH]c3ccccc23)Cc2nc(C(=O)NC[C@H]3CCCO3)co2)c(OC)c1. The number of nitrogens with zero attached hydrogens (tertiary/aromatic N) is 2. The lowest BCUT2D eigenvalue weighted by Gasteiger charge is -2.22. The maximum absolute atomic E-state index is 12.6. The second-order valence-corrected chi connectivity index (χ2v) is 9.47. The average Bonchev–Trinajstić information content (AvgIpc) is 3.72. The lowest BCUT2D eigenvalue weighted by Crippen LogP contribution is -2.32. The van der Waals surface area contributed by atoms with Crippen LogP contribution in [0.25, 0.3) is 10.9 Å². The Morgan fingerprint density at radius 3 is 2.87 bits per heavy atom. The number of methoxy groups -OCH3 is 2. The van der Waals surface area contributed by atoms with Gasteiger partial charge in [-0.1, -0.05) is 24.3 Å². The standard InChI is InChI=1S/C29H34N4O5/c1-35-22-10-9-21(27(14-22)36-2)17-33(12-11-20-15-30-25-8-4-3-7-24(20)25)18-28-32-26(19-38-28)29(34)31-16-23-6-5-13-37-23/h3-4,7-10,14-15,19,23,30H,5-6,11-13,16-18H2,1-2H3,(H,31,34)/t23-/m1/s1. The molecule has 1 amide bonds. The van der Waals surface area contributed by atoms with Crippen molar-refractivity contribution in [3.63, 3.8) is 0 Å². The molecule has 1 aliphatic heterocycles. The molecular weight excluding hydrogens is 484 g/mol. The monoisotopic (exact) mass is 518 g/mol. The van der Waals surface area contributed by atoms with Gasteiger partial charge in [-0.15, -0.1) is 0 Å². The molecule has 0 radical (unpaired) electrons. The van der Waals surface area contributed by atoms with Gasteiger partial charge in [-0.2, -0.15) is 0 Å². The highest BCUT2D eigenvalue weighted by Gasteiger charge is 2.20. The van der Waals surface area contributed by atoms with Crippen molar-refractivity contribution < 1.29 is 23.4 Å². The van der Waals surface area contributed by atoms with E-state index in [0.29, 0.717) is 25.5 Å². The number of hydrogen-bond donors (Lipinski definition) is 2. The van der Waals surface area contributed by atoms with Crippen LogP contribution in [0.3, 0.4) is 0 Å². The summed E-state index contributed by atoms with van der Waals surface area (Å²) in [6.07, 6.45) is 6.39. The van der Waals surface area contributed by atoms with Gasteiger partial charge in [0.05, 0.1) is 26.9 Å². The van der Waals surface area contributed by atoms with Gasteiger partial charge < -0.3 is 28.9 Å². The van der Waals surface area contributed by atoms with Crippen molar-refractivity contribution in [2.24, 2.45) is 0 Å². The Labute approximate surface area is 222 Å². The number of hydrogen-bond acceptors (Lipinski definition) is 7. The normalized spacial score (nSPS) is 15.3. The van der Waals surface area contributed by atoms with E-state index in [1.807, 2.05) is 24.3 Å². The fourth-order valence-electron chi connectivity index (χ4n) is 4.84. The second-order valence-electron chi connectivity index (χ2n) is 9.47. The van der Waals surface area contributed by atoms with Gasteiger partial charge in [0, 0.05) is 55.0 Å². The number of H-pyrrole nitrogens is 1. The summed E-state index contributed by atoms with van der Waals surface area (Å²) in [7, 11) is 3.29. The van der Waals surface area contributed by atoms with Crippen LogP contribution in [0.4, 0.5) is 0 Å². The second kappa shape index (κ2) is 12.1. The summed E-state index contributed by atoms with van der Waals surface area (Å²) in [4.78, 5) is 22.7. The minimum atomic E-state index is -0.252. The molecule has 2 N–H and O–H groups in total. The van der Waals surface area contributed by atoms with Gasteiger partial charge in [-0.05, 0) is 37.0 Å². The van der Waals surface area contributed by atoms with Crippen LogP contribution in [0, 0.1) is 0 Å². The molecule has 1 saturated heterocycles. The number of nitrogens with one attached hydrogen (secondary N) is 2. The van der Waals surface area contributed by atoms with Gasteiger partial charge in [0.1, 0.15) is 17.8 Å². The molecule has 2 aromatic heterocycles. The van der Waals surface area contributed by atoms with Gasteiger partial charge in [0.2, 0.25) is 5.89 Å². The summed E-state index contributed by atoms with van der Waals surface area (Å²) < 4.78 is 22.3. The number of carbonyl (C=O) groups excluding carboxylic acids is 1. The van der Waals surface area contributed by atoms with Gasteiger partial charge in [0.15, 0.2) is 5.69 Å².